The van der Waals surface area contributed by atoms with Crippen molar-refractivity contribution in [2.45, 2.75) is 38.5 Å². The van der Waals surface area contributed by atoms with Gasteiger partial charge in [0, 0.05) is 12.5 Å². The van der Waals surface area contributed by atoms with Crippen LogP contribution in [0.4, 0.5) is 0 Å². The molecule has 2 aliphatic rings. The largest absolute Gasteiger partial charge is 0.319 e. The third kappa shape index (κ3) is 1.70. The van der Waals surface area contributed by atoms with Crippen molar-refractivity contribution < 1.29 is 4.79 Å². The van der Waals surface area contributed by atoms with Crippen LogP contribution in [0.3, 0.4) is 0 Å². The van der Waals surface area contributed by atoms with Gasteiger partial charge >= 0.3 is 0 Å². The first kappa shape index (κ1) is 9.75. The number of amides is 1. The minimum atomic E-state index is 0.313. The van der Waals surface area contributed by atoms with Gasteiger partial charge < -0.3 is 4.90 Å². The lowest BCUT2D eigenvalue weighted by molar-refractivity contribution is -0.130. The molecule has 0 bridgehead atoms. The van der Waals surface area contributed by atoms with E-state index in [1.807, 2.05) is 0 Å². The summed E-state index contributed by atoms with van der Waals surface area (Å²) in [5.41, 5.74) is 0. The molecule has 1 saturated heterocycles. The van der Waals surface area contributed by atoms with Crippen molar-refractivity contribution in [3.05, 3.63) is 12.8 Å². The fraction of sp³-hybridized carbons (Fsp3) is 0.750. The molecule has 14 heavy (non-hydrogen) atoms. The van der Waals surface area contributed by atoms with E-state index in [-0.39, 0.29) is 0 Å². The molecule has 78 valence electrons. The molecule has 2 heteroatoms. The van der Waals surface area contributed by atoms with Crippen LogP contribution < -0.4 is 0 Å². The van der Waals surface area contributed by atoms with Crippen LogP contribution in [0.2, 0.25) is 0 Å². The van der Waals surface area contributed by atoms with Gasteiger partial charge in [0.1, 0.15) is 0 Å². The van der Waals surface area contributed by atoms with Gasteiger partial charge in [0.05, 0.1) is 0 Å². The summed E-state index contributed by atoms with van der Waals surface area (Å²) in [4.78, 5) is 13.7. The number of nitrogens with zero attached hydrogens (tertiary/aromatic N) is 1. The zero-order valence-electron chi connectivity index (χ0n) is 8.74. The van der Waals surface area contributed by atoms with E-state index < -0.39 is 0 Å². The van der Waals surface area contributed by atoms with Gasteiger partial charge in [-0.1, -0.05) is 25.8 Å². The van der Waals surface area contributed by atoms with Crippen LogP contribution in [0.15, 0.2) is 12.8 Å². The molecule has 0 aromatic heterocycles. The molecule has 0 N–H and O–H groups in total. The first-order chi connectivity index (χ1) is 6.83. The molecule has 2 nitrogen and oxygen atoms in total. The van der Waals surface area contributed by atoms with Crippen molar-refractivity contribution in [1.29, 1.82) is 0 Å². The second-order valence-corrected chi connectivity index (χ2v) is 4.51. The van der Waals surface area contributed by atoms with Crippen LogP contribution in [-0.2, 0) is 4.79 Å². The van der Waals surface area contributed by atoms with Gasteiger partial charge in [-0.25, -0.2) is 0 Å². The predicted octanol–water partition coefficient (Wildman–Crippen LogP) is 2.56. The summed E-state index contributed by atoms with van der Waals surface area (Å²) in [6.07, 6.45) is 9.27. The van der Waals surface area contributed by atoms with Crippen LogP contribution in [0.5, 0.6) is 0 Å². The standard InChI is InChI=1S/C12H19NO/c1-2-13-9-8-11(12(13)14)10-6-4-3-5-7-10/h2,10-11H,1,3-9H2. The zero-order valence-corrected chi connectivity index (χ0v) is 8.74. The van der Waals surface area contributed by atoms with Gasteiger partial charge in [-0.05, 0) is 31.4 Å². The van der Waals surface area contributed by atoms with E-state index in [0.29, 0.717) is 17.7 Å². The summed E-state index contributed by atoms with van der Waals surface area (Å²) in [5, 5.41) is 0. The molecule has 1 saturated carbocycles. The SMILES string of the molecule is C=CN1CCC(C2CCCCC2)C1=O. The third-order valence-corrected chi connectivity index (χ3v) is 3.72. The Hall–Kier alpha value is -0.790. The topological polar surface area (TPSA) is 20.3 Å². The number of carbonyl (C=O) groups excluding carboxylic acids is 1. The Morgan fingerprint density at radius 2 is 1.93 bits per heavy atom. The zero-order chi connectivity index (χ0) is 9.97. The number of rotatable bonds is 2. The Kier molecular flexibility index (Phi) is 2.90. The molecule has 2 fully saturated rings. The molecule has 1 heterocycles. The van der Waals surface area contributed by atoms with E-state index >= 15 is 0 Å². The van der Waals surface area contributed by atoms with Crippen molar-refractivity contribution in [2.75, 3.05) is 6.54 Å². The normalized spacial score (nSPS) is 29.6. The highest BCUT2D eigenvalue weighted by Crippen LogP contribution is 2.35. The lowest BCUT2D eigenvalue weighted by Crippen LogP contribution is -2.27. The fourth-order valence-corrected chi connectivity index (χ4v) is 2.88. The van der Waals surface area contributed by atoms with Crippen molar-refractivity contribution in [3.8, 4) is 0 Å². The Bertz CT molecular complexity index is 230. The maximum atomic E-state index is 11.9. The highest BCUT2D eigenvalue weighted by atomic mass is 16.2. The number of likely N-dealkylation sites (tertiary alicyclic amines) is 1. The van der Waals surface area contributed by atoms with Crippen LogP contribution in [0.1, 0.15) is 38.5 Å². The average Bonchev–Trinajstić information content (AvgIpc) is 2.61. The summed E-state index contributed by atoms with van der Waals surface area (Å²) in [6.45, 7) is 4.57. The smallest absolute Gasteiger partial charge is 0.229 e. The fourth-order valence-electron chi connectivity index (χ4n) is 2.88. The number of carbonyl (C=O) groups is 1. The van der Waals surface area contributed by atoms with Crippen molar-refractivity contribution in [2.24, 2.45) is 11.8 Å². The molecule has 1 amide bonds. The van der Waals surface area contributed by atoms with E-state index in [1.54, 1.807) is 11.1 Å². The van der Waals surface area contributed by atoms with Crippen LogP contribution in [0.25, 0.3) is 0 Å². The van der Waals surface area contributed by atoms with Gasteiger partial charge in [0.25, 0.3) is 0 Å². The Morgan fingerprint density at radius 1 is 1.21 bits per heavy atom. The summed E-state index contributed by atoms with van der Waals surface area (Å²) in [7, 11) is 0. The summed E-state index contributed by atoms with van der Waals surface area (Å²) in [6, 6.07) is 0. The van der Waals surface area contributed by atoms with Gasteiger partial charge in [-0.2, -0.15) is 0 Å². The first-order valence-corrected chi connectivity index (χ1v) is 5.76. The summed E-state index contributed by atoms with van der Waals surface area (Å²) in [5.74, 6) is 1.31. The van der Waals surface area contributed by atoms with Gasteiger partial charge in [0.15, 0.2) is 0 Å². The van der Waals surface area contributed by atoms with Crippen molar-refractivity contribution in [1.82, 2.24) is 4.90 Å². The van der Waals surface area contributed by atoms with Gasteiger partial charge in [0.2, 0.25) is 5.91 Å². The molecule has 1 atom stereocenters. The molecule has 0 spiro atoms. The Labute approximate surface area is 86.0 Å². The molecule has 1 aliphatic heterocycles. The van der Waals surface area contributed by atoms with Crippen LogP contribution in [0, 0.1) is 11.8 Å². The quantitative estimate of drug-likeness (QED) is 0.660. The first-order valence-electron chi connectivity index (χ1n) is 5.76. The van der Waals surface area contributed by atoms with Gasteiger partial charge in [-0.15, -0.1) is 0 Å². The van der Waals surface area contributed by atoms with Crippen molar-refractivity contribution in [3.63, 3.8) is 0 Å². The molecule has 1 unspecified atom stereocenters. The summed E-state index contributed by atoms with van der Waals surface area (Å²) < 4.78 is 0. The molecule has 2 rings (SSSR count). The molecular formula is C12H19NO. The second kappa shape index (κ2) is 4.16. The number of hydrogen-bond donors (Lipinski definition) is 0. The molecule has 0 radical (unpaired) electrons. The highest BCUT2D eigenvalue weighted by molar-refractivity contribution is 5.82. The molecule has 0 aromatic rings. The Morgan fingerprint density at radius 3 is 2.50 bits per heavy atom. The minimum Gasteiger partial charge on any atom is -0.319 e. The highest BCUT2D eigenvalue weighted by Gasteiger charge is 2.36. The van der Waals surface area contributed by atoms with E-state index in [1.165, 1.54) is 32.1 Å². The average molecular weight is 193 g/mol. The maximum Gasteiger partial charge on any atom is 0.229 e. The Balaban J connectivity index is 1.97. The third-order valence-electron chi connectivity index (χ3n) is 3.72. The molecule has 1 aliphatic carbocycles. The predicted molar refractivity (Wildman–Crippen MR) is 56.6 cm³/mol. The lowest BCUT2D eigenvalue weighted by atomic mass is 9.79. The van der Waals surface area contributed by atoms with E-state index in [9.17, 15) is 4.79 Å². The van der Waals surface area contributed by atoms with Crippen LogP contribution in [-0.4, -0.2) is 17.4 Å². The second-order valence-electron chi connectivity index (χ2n) is 4.51. The molecular weight excluding hydrogens is 174 g/mol. The van der Waals surface area contributed by atoms with E-state index in [2.05, 4.69) is 6.58 Å². The molecule has 0 aromatic carbocycles. The van der Waals surface area contributed by atoms with E-state index in [0.717, 1.165) is 13.0 Å². The number of hydrogen-bond acceptors (Lipinski definition) is 1. The lowest BCUT2D eigenvalue weighted by Gasteiger charge is -2.25. The summed E-state index contributed by atoms with van der Waals surface area (Å²) >= 11 is 0. The minimum absolute atomic E-state index is 0.313. The van der Waals surface area contributed by atoms with Crippen molar-refractivity contribution >= 4 is 5.91 Å². The monoisotopic (exact) mass is 193 g/mol. The van der Waals surface area contributed by atoms with E-state index in [4.69, 9.17) is 0 Å². The van der Waals surface area contributed by atoms with Gasteiger partial charge in [-0.3, -0.25) is 4.79 Å². The maximum absolute atomic E-state index is 11.9. The van der Waals surface area contributed by atoms with Crippen LogP contribution >= 0.6 is 0 Å².